The summed E-state index contributed by atoms with van der Waals surface area (Å²) in [5.41, 5.74) is 3.42. The third kappa shape index (κ3) is 5.15. The van der Waals surface area contributed by atoms with Crippen molar-refractivity contribution in [3.05, 3.63) is 48.3 Å². The van der Waals surface area contributed by atoms with E-state index < -0.39 is 0 Å². The number of pyridine rings is 1. The summed E-state index contributed by atoms with van der Waals surface area (Å²) >= 11 is 0. The van der Waals surface area contributed by atoms with E-state index in [9.17, 15) is 4.79 Å². The topological polar surface area (TPSA) is 96.0 Å². The normalized spacial score (nSPS) is 18.5. The Morgan fingerprint density at radius 3 is 2.59 bits per heavy atom. The summed E-state index contributed by atoms with van der Waals surface area (Å²) in [5.74, 6) is 2.69. The Balaban J connectivity index is 1.59. The number of amides is 1. The fourth-order valence-electron chi connectivity index (χ4n) is 5.02. The Hall–Kier alpha value is -3.92. The smallest absolute Gasteiger partial charge is 0.239 e. The second-order valence-corrected chi connectivity index (χ2v) is 9.47. The van der Waals surface area contributed by atoms with E-state index in [1.807, 2.05) is 49.3 Å². The molecule has 6 bridgehead atoms. The van der Waals surface area contributed by atoms with Gasteiger partial charge in [-0.25, -0.2) is 15.0 Å². The molecule has 194 valence electrons. The number of anilines is 3. The lowest BCUT2D eigenvalue weighted by Crippen LogP contribution is -2.45. The van der Waals surface area contributed by atoms with Crippen LogP contribution in [0, 0.1) is 0 Å². The lowest BCUT2D eigenvalue weighted by atomic mass is 10.1. The van der Waals surface area contributed by atoms with Crippen LogP contribution in [0.2, 0.25) is 0 Å². The van der Waals surface area contributed by atoms with Crippen molar-refractivity contribution >= 4 is 23.4 Å². The highest BCUT2D eigenvalue weighted by Gasteiger charge is 2.33. The number of carbonyl (C=O) groups excluding carboxylic acids is 1. The summed E-state index contributed by atoms with van der Waals surface area (Å²) in [4.78, 5) is 33.3. The van der Waals surface area contributed by atoms with E-state index in [1.54, 1.807) is 26.6 Å². The second-order valence-electron chi connectivity index (χ2n) is 9.47. The van der Waals surface area contributed by atoms with Gasteiger partial charge in [0.1, 0.15) is 5.82 Å². The standard InChI is InChI=1S/C27H33N7O3/c1-32-12-13-33(2)26(35)22-6-5-11-34(22)17-19-14-20(16-23(36-3)25(19)37-4)30-27-29-10-8-21(31-27)18-7-9-28-24(32)15-18/h7-10,14-16,22H,5-6,11-13,17H2,1-4H3,(H,29,30,31)/t22-/m0/s1. The van der Waals surface area contributed by atoms with E-state index in [4.69, 9.17) is 14.5 Å². The summed E-state index contributed by atoms with van der Waals surface area (Å²) in [7, 11) is 7.13. The van der Waals surface area contributed by atoms with E-state index in [0.717, 1.165) is 47.7 Å². The van der Waals surface area contributed by atoms with Crippen LogP contribution in [-0.2, 0) is 11.3 Å². The van der Waals surface area contributed by atoms with Crippen LogP contribution >= 0.6 is 0 Å². The number of hydrogen-bond donors (Lipinski definition) is 1. The van der Waals surface area contributed by atoms with E-state index in [1.165, 1.54) is 0 Å². The quantitative estimate of drug-likeness (QED) is 0.566. The van der Waals surface area contributed by atoms with Crippen LogP contribution in [0.1, 0.15) is 18.4 Å². The lowest BCUT2D eigenvalue weighted by molar-refractivity contribution is -0.134. The molecule has 1 atom stereocenters. The molecule has 1 saturated heterocycles. The van der Waals surface area contributed by atoms with Crippen molar-refractivity contribution in [2.24, 2.45) is 0 Å². The van der Waals surface area contributed by atoms with Crippen molar-refractivity contribution in [1.29, 1.82) is 0 Å². The number of benzene rings is 1. The molecule has 0 saturated carbocycles. The Kier molecular flexibility index (Phi) is 7.09. The zero-order valence-electron chi connectivity index (χ0n) is 21.8. The average molecular weight is 504 g/mol. The first-order valence-corrected chi connectivity index (χ1v) is 12.5. The fourth-order valence-corrected chi connectivity index (χ4v) is 5.02. The van der Waals surface area contributed by atoms with Crippen LogP contribution in [0.25, 0.3) is 11.3 Å². The van der Waals surface area contributed by atoms with Gasteiger partial charge in [0.25, 0.3) is 0 Å². The van der Waals surface area contributed by atoms with Crippen molar-refractivity contribution in [2.45, 2.75) is 25.4 Å². The maximum atomic E-state index is 13.5. The molecule has 0 aliphatic carbocycles. The molecule has 0 spiro atoms. The van der Waals surface area contributed by atoms with E-state index >= 15 is 0 Å². The van der Waals surface area contributed by atoms with Crippen LogP contribution < -0.4 is 19.7 Å². The summed E-state index contributed by atoms with van der Waals surface area (Å²) < 4.78 is 11.4. The molecular weight excluding hydrogens is 470 g/mol. The number of likely N-dealkylation sites (N-methyl/N-ethyl adjacent to an activating group) is 2. The zero-order chi connectivity index (χ0) is 25.9. The summed E-state index contributed by atoms with van der Waals surface area (Å²) in [5, 5.41) is 3.33. The number of aromatic nitrogens is 3. The maximum absolute atomic E-state index is 13.5. The molecule has 1 aromatic carbocycles. The van der Waals surface area contributed by atoms with Gasteiger partial charge in [0.15, 0.2) is 11.5 Å². The van der Waals surface area contributed by atoms with Gasteiger partial charge in [0.2, 0.25) is 11.9 Å². The predicted octanol–water partition coefficient (Wildman–Crippen LogP) is 3.17. The van der Waals surface area contributed by atoms with Gasteiger partial charge in [-0.05, 0) is 43.7 Å². The van der Waals surface area contributed by atoms with Crippen LogP contribution in [0.4, 0.5) is 17.5 Å². The van der Waals surface area contributed by atoms with Gasteiger partial charge in [-0.2, -0.15) is 0 Å². The molecule has 2 aliphatic rings. The number of methoxy groups -OCH3 is 2. The van der Waals surface area contributed by atoms with E-state index in [0.29, 0.717) is 37.1 Å². The lowest BCUT2D eigenvalue weighted by Gasteiger charge is -2.30. The molecule has 3 aromatic rings. The molecule has 37 heavy (non-hydrogen) atoms. The summed E-state index contributed by atoms with van der Waals surface area (Å²) in [6.07, 6.45) is 5.32. The van der Waals surface area contributed by atoms with Crippen molar-refractivity contribution in [3.63, 3.8) is 0 Å². The van der Waals surface area contributed by atoms with Crippen molar-refractivity contribution in [1.82, 2.24) is 24.8 Å². The first-order valence-electron chi connectivity index (χ1n) is 12.5. The Bertz CT molecular complexity index is 1280. The van der Waals surface area contributed by atoms with E-state index in [2.05, 4.69) is 25.1 Å². The van der Waals surface area contributed by atoms with Crippen LogP contribution in [-0.4, -0.2) is 84.6 Å². The number of ether oxygens (including phenoxy) is 2. The average Bonchev–Trinajstić information content (AvgIpc) is 3.38. The Morgan fingerprint density at radius 2 is 1.78 bits per heavy atom. The van der Waals surface area contributed by atoms with Gasteiger partial charge in [-0.3, -0.25) is 9.69 Å². The van der Waals surface area contributed by atoms with E-state index in [-0.39, 0.29) is 11.9 Å². The van der Waals surface area contributed by atoms with Gasteiger partial charge in [0.05, 0.1) is 26.0 Å². The van der Waals surface area contributed by atoms with Gasteiger partial charge in [0, 0.05) is 69.0 Å². The minimum atomic E-state index is -0.178. The molecule has 0 radical (unpaired) electrons. The molecule has 0 unspecified atom stereocenters. The molecular formula is C27H33N7O3. The van der Waals surface area contributed by atoms with Crippen LogP contribution in [0.5, 0.6) is 11.5 Å². The summed E-state index contributed by atoms with van der Waals surface area (Å²) in [6, 6.07) is 9.52. The van der Waals surface area contributed by atoms with Gasteiger partial charge in [-0.1, -0.05) is 0 Å². The molecule has 2 aliphatic heterocycles. The SMILES string of the molecule is COc1cc2cc(c1OC)CN1CCC[C@H]1C(=O)N(C)CCN(C)c1cc(ccn1)-c1ccnc(n1)N2. The minimum Gasteiger partial charge on any atom is -0.493 e. The minimum absolute atomic E-state index is 0.136. The highest BCUT2D eigenvalue weighted by molar-refractivity contribution is 5.82. The van der Waals surface area contributed by atoms with Crippen LogP contribution in [0.15, 0.2) is 42.7 Å². The largest absolute Gasteiger partial charge is 0.493 e. The Labute approximate surface area is 217 Å². The molecule has 1 fully saturated rings. The zero-order valence-corrected chi connectivity index (χ0v) is 21.8. The first kappa shape index (κ1) is 24.8. The van der Waals surface area contributed by atoms with Gasteiger partial charge in [-0.15, -0.1) is 0 Å². The molecule has 10 heteroatoms. The second kappa shape index (κ2) is 10.6. The number of fused-ring (bicyclic) bond motifs is 8. The van der Waals surface area contributed by atoms with Gasteiger partial charge < -0.3 is 24.6 Å². The monoisotopic (exact) mass is 503 g/mol. The number of nitrogens with one attached hydrogen (secondary N) is 1. The van der Waals surface area contributed by atoms with Gasteiger partial charge >= 0.3 is 0 Å². The third-order valence-corrected chi connectivity index (χ3v) is 7.07. The fraction of sp³-hybridized carbons (Fsp3) is 0.407. The number of nitrogens with zero attached hydrogens (tertiary/aromatic N) is 6. The van der Waals surface area contributed by atoms with Crippen molar-refractivity contribution in [2.75, 3.05) is 58.2 Å². The molecule has 2 aromatic heterocycles. The molecule has 1 amide bonds. The molecule has 10 nitrogen and oxygen atoms in total. The van der Waals surface area contributed by atoms with Crippen LogP contribution in [0.3, 0.4) is 0 Å². The first-order chi connectivity index (χ1) is 18.0. The summed E-state index contributed by atoms with van der Waals surface area (Å²) in [6.45, 7) is 2.67. The predicted molar refractivity (Wildman–Crippen MR) is 142 cm³/mol. The van der Waals surface area contributed by atoms with Crippen molar-refractivity contribution in [3.8, 4) is 22.8 Å². The highest BCUT2D eigenvalue weighted by atomic mass is 16.5. The number of hydrogen-bond acceptors (Lipinski definition) is 9. The molecule has 1 N–H and O–H groups in total. The highest BCUT2D eigenvalue weighted by Crippen LogP contribution is 2.37. The Morgan fingerprint density at radius 1 is 0.973 bits per heavy atom. The maximum Gasteiger partial charge on any atom is 0.239 e. The molecule has 5 rings (SSSR count). The number of carbonyl (C=O) groups is 1. The third-order valence-electron chi connectivity index (χ3n) is 7.07. The molecule has 4 heterocycles. The van der Waals surface area contributed by atoms with Crippen molar-refractivity contribution < 1.29 is 14.3 Å². The number of rotatable bonds is 2.